The summed E-state index contributed by atoms with van der Waals surface area (Å²) in [7, 11) is 0. The summed E-state index contributed by atoms with van der Waals surface area (Å²) >= 11 is 1.28. The number of nitrogens with one attached hydrogen (secondary N) is 3. The van der Waals surface area contributed by atoms with Gasteiger partial charge in [-0.1, -0.05) is 62.3 Å². The predicted octanol–water partition coefficient (Wildman–Crippen LogP) is 5.50. The lowest BCUT2D eigenvalue weighted by atomic mass is 9.69. The molecule has 1 unspecified atom stereocenters. The van der Waals surface area contributed by atoms with Crippen molar-refractivity contribution in [2.45, 2.75) is 51.5 Å². The molecule has 1 atom stereocenters. The highest BCUT2D eigenvalue weighted by molar-refractivity contribution is 7.13. The minimum atomic E-state index is -0.824. The fourth-order valence-electron chi connectivity index (χ4n) is 4.85. The van der Waals surface area contributed by atoms with Crippen LogP contribution in [-0.2, 0) is 4.79 Å². The third kappa shape index (κ3) is 4.35. The van der Waals surface area contributed by atoms with E-state index >= 15 is 0 Å². The summed E-state index contributed by atoms with van der Waals surface area (Å²) in [6.07, 6.45) is 4.35. The van der Waals surface area contributed by atoms with Gasteiger partial charge in [0.2, 0.25) is 11.0 Å². The van der Waals surface area contributed by atoms with Crippen LogP contribution in [0, 0.1) is 5.41 Å². The van der Waals surface area contributed by atoms with E-state index in [2.05, 4.69) is 26.1 Å². The number of benzene rings is 2. The average molecular weight is 478 g/mol. The Bertz CT molecular complexity index is 1210. The number of carbonyl (C=O) groups is 2. The summed E-state index contributed by atoms with van der Waals surface area (Å²) in [5.74, 6) is 0.903. The number of para-hydroxylation sites is 1. The number of fused-ring (bicyclic) bond motifs is 2. The molecule has 3 amide bonds. The van der Waals surface area contributed by atoms with E-state index in [1.54, 1.807) is 5.51 Å². The minimum absolute atomic E-state index is 0.157. The molecule has 1 aliphatic heterocycles. The van der Waals surface area contributed by atoms with E-state index in [9.17, 15) is 9.59 Å². The maximum Gasteiger partial charge on any atom is 0.319 e. The monoisotopic (exact) mass is 477 g/mol. The van der Waals surface area contributed by atoms with Gasteiger partial charge in [-0.25, -0.2) is 4.79 Å². The molecule has 5 rings (SSSR count). The van der Waals surface area contributed by atoms with Crippen molar-refractivity contribution in [3.05, 3.63) is 59.1 Å². The summed E-state index contributed by atoms with van der Waals surface area (Å²) in [5.41, 5.74) is 3.22. The molecule has 2 aromatic carbocycles. The van der Waals surface area contributed by atoms with Crippen molar-refractivity contribution in [2.75, 3.05) is 10.6 Å². The zero-order valence-electron chi connectivity index (χ0n) is 19.1. The fourth-order valence-corrected chi connectivity index (χ4v) is 5.29. The molecule has 2 heterocycles. The zero-order chi connectivity index (χ0) is 23.7. The predicted molar refractivity (Wildman–Crippen MR) is 132 cm³/mol. The molecular weight excluding hydrogens is 450 g/mol. The van der Waals surface area contributed by atoms with Crippen LogP contribution in [0.5, 0.6) is 11.5 Å². The molecule has 176 valence electrons. The molecule has 1 aromatic heterocycles. The molecule has 0 radical (unpaired) electrons. The van der Waals surface area contributed by atoms with E-state index in [1.165, 1.54) is 11.3 Å². The van der Waals surface area contributed by atoms with E-state index in [-0.39, 0.29) is 23.9 Å². The Morgan fingerprint density at radius 3 is 2.56 bits per heavy atom. The number of amides is 3. The van der Waals surface area contributed by atoms with Crippen molar-refractivity contribution < 1.29 is 14.3 Å². The Balaban J connectivity index is 1.44. The number of rotatable bonds is 5. The molecule has 8 nitrogen and oxygen atoms in total. The van der Waals surface area contributed by atoms with Crippen molar-refractivity contribution in [2.24, 2.45) is 5.41 Å². The third-order valence-corrected chi connectivity index (χ3v) is 7.22. The van der Waals surface area contributed by atoms with Crippen LogP contribution >= 0.6 is 11.3 Å². The first kappa shape index (κ1) is 22.3. The Labute approximate surface area is 202 Å². The number of urea groups is 1. The summed E-state index contributed by atoms with van der Waals surface area (Å²) in [4.78, 5) is 25.8. The summed E-state index contributed by atoms with van der Waals surface area (Å²) < 4.78 is 6.22. The minimum Gasteiger partial charge on any atom is -0.457 e. The second kappa shape index (κ2) is 9.06. The molecule has 1 fully saturated rings. The van der Waals surface area contributed by atoms with E-state index < -0.39 is 5.41 Å². The van der Waals surface area contributed by atoms with Gasteiger partial charge in [-0.3, -0.25) is 4.79 Å². The molecular formula is C25H27N5O3S. The van der Waals surface area contributed by atoms with Crippen LogP contribution in [0.3, 0.4) is 0 Å². The topological polar surface area (TPSA) is 105 Å². The van der Waals surface area contributed by atoms with Crippen molar-refractivity contribution in [1.29, 1.82) is 0 Å². The van der Waals surface area contributed by atoms with Crippen LogP contribution in [0.4, 0.5) is 15.6 Å². The first-order valence-corrected chi connectivity index (χ1v) is 12.4. The molecule has 9 heteroatoms. The Hall–Kier alpha value is -3.46. The Morgan fingerprint density at radius 2 is 1.79 bits per heavy atom. The number of hydrogen-bond acceptors (Lipinski definition) is 6. The van der Waals surface area contributed by atoms with Crippen molar-refractivity contribution in [1.82, 2.24) is 15.5 Å². The summed E-state index contributed by atoms with van der Waals surface area (Å²) in [6.45, 7) is 3.84. The zero-order valence-corrected chi connectivity index (χ0v) is 19.9. The molecule has 0 saturated heterocycles. The summed E-state index contributed by atoms with van der Waals surface area (Å²) in [5, 5.41) is 17.1. The fraction of sp³-hybridized carbons (Fsp3) is 0.360. The molecule has 34 heavy (non-hydrogen) atoms. The van der Waals surface area contributed by atoms with E-state index in [0.29, 0.717) is 22.3 Å². The van der Waals surface area contributed by atoms with Crippen LogP contribution in [0.1, 0.15) is 56.6 Å². The Kier molecular flexibility index (Phi) is 5.95. The number of hydrogen-bond donors (Lipinski definition) is 3. The van der Waals surface area contributed by atoms with E-state index in [1.807, 2.05) is 56.3 Å². The van der Waals surface area contributed by atoms with Crippen LogP contribution in [0.15, 0.2) is 48.0 Å². The van der Waals surface area contributed by atoms with E-state index in [0.717, 1.165) is 36.8 Å². The molecule has 1 saturated carbocycles. The number of anilines is 2. The molecule has 3 aromatic rings. The van der Waals surface area contributed by atoms with Gasteiger partial charge in [0, 0.05) is 34.8 Å². The smallest absolute Gasteiger partial charge is 0.319 e. The highest BCUT2D eigenvalue weighted by atomic mass is 32.1. The van der Waals surface area contributed by atoms with Gasteiger partial charge in [0.15, 0.2) is 0 Å². The van der Waals surface area contributed by atoms with Gasteiger partial charge in [0.05, 0.1) is 5.41 Å². The van der Waals surface area contributed by atoms with Gasteiger partial charge < -0.3 is 20.7 Å². The number of aromatic nitrogens is 2. The lowest BCUT2D eigenvalue weighted by molar-refractivity contribution is -0.124. The first-order chi connectivity index (χ1) is 16.4. The molecule has 2 aliphatic rings. The van der Waals surface area contributed by atoms with Crippen LogP contribution < -0.4 is 20.7 Å². The van der Waals surface area contributed by atoms with Crippen molar-refractivity contribution >= 4 is 34.1 Å². The lowest BCUT2D eigenvalue weighted by Crippen LogP contribution is -2.38. The van der Waals surface area contributed by atoms with Crippen molar-refractivity contribution in [3.8, 4) is 11.5 Å². The lowest BCUT2D eigenvalue weighted by Gasteiger charge is -2.38. The van der Waals surface area contributed by atoms with Crippen molar-refractivity contribution in [3.63, 3.8) is 0 Å². The van der Waals surface area contributed by atoms with Gasteiger partial charge in [-0.2, -0.15) is 0 Å². The van der Waals surface area contributed by atoms with Crippen LogP contribution in [-0.4, -0.2) is 28.2 Å². The standard InChI is InChI=1S/C25H27N5O3S/c1-25(2,22(31)29-24-30-26-14-34-24)21-17-9-5-6-10-19(17)33-20-13-16(11-12-18(20)21)28-23(32)27-15-7-3-4-8-15/h5-6,9-15,21H,3-4,7-8H2,1-2H3,(H2,27,28,32)(H,29,30,31). The van der Waals surface area contributed by atoms with Gasteiger partial charge in [-0.15, -0.1) is 10.2 Å². The Morgan fingerprint density at radius 1 is 1.03 bits per heavy atom. The molecule has 3 N–H and O–H groups in total. The molecule has 1 aliphatic carbocycles. The number of ether oxygens (including phenoxy) is 1. The normalized spacial score (nSPS) is 17.3. The van der Waals surface area contributed by atoms with Gasteiger partial charge in [0.1, 0.15) is 17.0 Å². The largest absolute Gasteiger partial charge is 0.457 e. The van der Waals surface area contributed by atoms with Gasteiger partial charge in [-0.05, 0) is 25.0 Å². The molecule has 0 spiro atoms. The highest BCUT2D eigenvalue weighted by Gasteiger charge is 2.43. The van der Waals surface area contributed by atoms with E-state index in [4.69, 9.17) is 4.74 Å². The number of nitrogens with zero attached hydrogens (tertiary/aromatic N) is 2. The maximum absolute atomic E-state index is 13.3. The third-order valence-electron chi connectivity index (χ3n) is 6.61. The maximum atomic E-state index is 13.3. The molecule has 0 bridgehead atoms. The first-order valence-electron chi connectivity index (χ1n) is 11.5. The van der Waals surface area contributed by atoms with Gasteiger partial charge in [0.25, 0.3) is 0 Å². The van der Waals surface area contributed by atoms with Crippen LogP contribution in [0.2, 0.25) is 0 Å². The second-order valence-corrected chi connectivity index (χ2v) is 10.2. The van der Waals surface area contributed by atoms with Gasteiger partial charge >= 0.3 is 6.03 Å². The quantitative estimate of drug-likeness (QED) is 0.450. The second-order valence-electron chi connectivity index (χ2n) is 9.33. The SMILES string of the molecule is CC(C)(C(=O)Nc1nncs1)C1c2ccccc2Oc2cc(NC(=O)NC3CCCC3)ccc21. The summed E-state index contributed by atoms with van der Waals surface area (Å²) in [6, 6.07) is 13.4. The highest BCUT2D eigenvalue weighted by Crippen LogP contribution is 2.52. The average Bonchev–Trinajstić information content (AvgIpc) is 3.51. The number of carbonyl (C=O) groups excluding carboxylic acids is 2. The van der Waals surface area contributed by atoms with Crippen LogP contribution in [0.25, 0.3) is 0 Å².